The molecular weight excluding hydrogens is 392 g/mol. The number of fused-ring (bicyclic) bond motifs is 1. The molecule has 1 saturated heterocycles. The normalized spacial score (nSPS) is 19.1. The van der Waals surface area contributed by atoms with Crippen molar-refractivity contribution in [2.24, 2.45) is 0 Å². The number of rotatable bonds is 4. The minimum absolute atomic E-state index is 0.0413. The molecule has 29 heavy (non-hydrogen) atoms. The second-order valence-electron chi connectivity index (χ2n) is 7.15. The molecule has 0 radical (unpaired) electrons. The van der Waals surface area contributed by atoms with Crippen molar-refractivity contribution in [2.75, 3.05) is 26.8 Å². The lowest BCUT2D eigenvalue weighted by Gasteiger charge is -2.26. The van der Waals surface area contributed by atoms with Crippen molar-refractivity contribution in [1.29, 1.82) is 0 Å². The van der Waals surface area contributed by atoms with Crippen LogP contribution in [0.15, 0.2) is 47.4 Å². The molecule has 0 unspecified atom stereocenters. The van der Waals surface area contributed by atoms with Crippen LogP contribution in [-0.4, -0.2) is 46.0 Å². The van der Waals surface area contributed by atoms with E-state index in [1.807, 2.05) is 23.1 Å². The van der Waals surface area contributed by atoms with Crippen LogP contribution in [0.3, 0.4) is 0 Å². The van der Waals surface area contributed by atoms with Crippen molar-refractivity contribution in [3.63, 3.8) is 0 Å². The highest BCUT2D eigenvalue weighted by Crippen LogP contribution is 2.38. The summed E-state index contributed by atoms with van der Waals surface area (Å²) in [5, 5.41) is 0. The van der Waals surface area contributed by atoms with Gasteiger partial charge in [-0.05, 0) is 61.9 Å². The Kier molecular flexibility index (Phi) is 5.47. The van der Waals surface area contributed by atoms with E-state index < -0.39 is 10.0 Å². The number of nitrogens with one attached hydrogen (secondary N) is 1. The highest BCUT2D eigenvalue weighted by Gasteiger charge is 2.31. The van der Waals surface area contributed by atoms with Gasteiger partial charge in [0.15, 0.2) is 11.5 Å². The van der Waals surface area contributed by atoms with Crippen LogP contribution < -0.4 is 14.2 Å². The Labute approximate surface area is 170 Å². The maximum absolute atomic E-state index is 13.1. The van der Waals surface area contributed by atoms with E-state index in [-0.39, 0.29) is 16.8 Å². The molecule has 1 atom stereocenters. The number of hydrogen-bond acceptors (Lipinski definition) is 5. The molecule has 4 rings (SSSR count). The SMILES string of the molecule is CNS(=O)(=O)c1ccc(C(=O)N2CCC[C@H]2c2ccc3c(c2)OCCCO3)cc1. The van der Waals surface area contributed by atoms with E-state index in [2.05, 4.69) is 4.72 Å². The van der Waals surface area contributed by atoms with E-state index >= 15 is 0 Å². The van der Waals surface area contributed by atoms with Gasteiger partial charge in [0.1, 0.15) is 0 Å². The van der Waals surface area contributed by atoms with Gasteiger partial charge in [-0.2, -0.15) is 0 Å². The van der Waals surface area contributed by atoms with Gasteiger partial charge < -0.3 is 14.4 Å². The molecule has 0 aliphatic carbocycles. The van der Waals surface area contributed by atoms with Crippen molar-refractivity contribution < 1.29 is 22.7 Å². The van der Waals surface area contributed by atoms with Crippen LogP contribution >= 0.6 is 0 Å². The lowest BCUT2D eigenvalue weighted by atomic mass is 10.0. The lowest BCUT2D eigenvalue weighted by Crippen LogP contribution is -2.30. The number of hydrogen-bond donors (Lipinski definition) is 1. The molecule has 0 bridgehead atoms. The average Bonchev–Trinajstić information content (AvgIpc) is 3.12. The van der Waals surface area contributed by atoms with Crippen molar-refractivity contribution in [2.45, 2.75) is 30.2 Å². The molecule has 2 heterocycles. The van der Waals surface area contributed by atoms with Gasteiger partial charge in [-0.25, -0.2) is 13.1 Å². The number of amides is 1. The van der Waals surface area contributed by atoms with Crippen LogP contribution in [0.4, 0.5) is 0 Å². The van der Waals surface area contributed by atoms with Gasteiger partial charge in [-0.3, -0.25) is 4.79 Å². The third kappa shape index (κ3) is 3.95. The summed E-state index contributed by atoms with van der Waals surface area (Å²) in [7, 11) is -2.17. The average molecular weight is 416 g/mol. The van der Waals surface area contributed by atoms with E-state index in [4.69, 9.17) is 9.47 Å². The third-order valence-corrected chi connectivity index (χ3v) is 6.78. The molecule has 0 spiro atoms. The number of carbonyl (C=O) groups excluding carboxylic acids is 1. The molecule has 8 heteroatoms. The number of nitrogens with zero attached hydrogens (tertiary/aromatic N) is 1. The molecule has 0 saturated carbocycles. The molecular formula is C21H24N2O5S. The topological polar surface area (TPSA) is 84.9 Å². The fourth-order valence-electron chi connectivity index (χ4n) is 3.80. The Balaban J connectivity index is 1.57. The second kappa shape index (κ2) is 8.04. The predicted molar refractivity (Wildman–Crippen MR) is 108 cm³/mol. The first-order chi connectivity index (χ1) is 14.0. The van der Waals surface area contributed by atoms with Crippen LogP contribution in [0.1, 0.15) is 41.2 Å². The van der Waals surface area contributed by atoms with E-state index in [0.29, 0.717) is 25.3 Å². The predicted octanol–water partition coefficient (Wildman–Crippen LogP) is 2.73. The molecule has 1 N–H and O–H groups in total. The molecule has 2 aromatic carbocycles. The molecule has 2 aromatic rings. The number of benzene rings is 2. The largest absolute Gasteiger partial charge is 0.490 e. The van der Waals surface area contributed by atoms with Gasteiger partial charge in [0.25, 0.3) is 5.91 Å². The first kappa shape index (κ1) is 19.7. The maximum atomic E-state index is 13.1. The summed E-state index contributed by atoms with van der Waals surface area (Å²) in [6, 6.07) is 11.9. The van der Waals surface area contributed by atoms with Crippen molar-refractivity contribution >= 4 is 15.9 Å². The number of likely N-dealkylation sites (tertiary alicyclic amines) is 1. The van der Waals surface area contributed by atoms with Crippen molar-refractivity contribution in [3.8, 4) is 11.5 Å². The van der Waals surface area contributed by atoms with Crippen molar-refractivity contribution in [1.82, 2.24) is 9.62 Å². The monoisotopic (exact) mass is 416 g/mol. The van der Waals surface area contributed by atoms with Gasteiger partial charge in [0.2, 0.25) is 10.0 Å². The number of carbonyl (C=O) groups is 1. The van der Waals surface area contributed by atoms with Gasteiger partial charge in [0, 0.05) is 18.5 Å². The Bertz CT molecular complexity index is 1000. The molecule has 1 amide bonds. The van der Waals surface area contributed by atoms with Crippen LogP contribution in [0.5, 0.6) is 11.5 Å². The van der Waals surface area contributed by atoms with Crippen LogP contribution in [0.2, 0.25) is 0 Å². The van der Waals surface area contributed by atoms with Gasteiger partial charge in [-0.1, -0.05) is 6.07 Å². The smallest absolute Gasteiger partial charge is 0.254 e. The number of sulfonamides is 1. The summed E-state index contributed by atoms with van der Waals surface area (Å²) in [5.41, 5.74) is 1.50. The molecule has 0 aromatic heterocycles. The summed E-state index contributed by atoms with van der Waals surface area (Å²) in [5.74, 6) is 1.36. The zero-order valence-corrected chi connectivity index (χ0v) is 17.1. The zero-order valence-electron chi connectivity index (χ0n) is 16.3. The van der Waals surface area contributed by atoms with Crippen LogP contribution in [0, 0.1) is 0 Å². The Morgan fingerprint density at radius 3 is 2.48 bits per heavy atom. The standard InChI is InChI=1S/C21H24N2O5S/c1-22-29(25,26)17-8-5-15(6-9-17)21(24)23-11-2-4-18(23)16-7-10-19-20(14-16)28-13-3-12-27-19/h5-10,14,18,22H,2-4,11-13H2,1H3/t18-/m0/s1. The summed E-state index contributed by atoms with van der Waals surface area (Å²) in [4.78, 5) is 15.1. The molecule has 2 aliphatic heterocycles. The first-order valence-electron chi connectivity index (χ1n) is 9.74. The Hall–Kier alpha value is -2.58. The Morgan fingerprint density at radius 1 is 1.03 bits per heavy atom. The fraction of sp³-hybridized carbons (Fsp3) is 0.381. The van der Waals surface area contributed by atoms with E-state index in [9.17, 15) is 13.2 Å². The summed E-state index contributed by atoms with van der Waals surface area (Å²) >= 11 is 0. The molecule has 154 valence electrons. The summed E-state index contributed by atoms with van der Waals surface area (Å²) in [6.45, 7) is 1.92. The molecule has 2 aliphatic rings. The van der Waals surface area contributed by atoms with Crippen molar-refractivity contribution in [3.05, 3.63) is 53.6 Å². The van der Waals surface area contributed by atoms with E-state index in [1.54, 1.807) is 12.1 Å². The van der Waals surface area contributed by atoms with Crippen LogP contribution in [-0.2, 0) is 10.0 Å². The molecule has 7 nitrogen and oxygen atoms in total. The zero-order chi connectivity index (χ0) is 20.4. The Morgan fingerprint density at radius 2 is 1.76 bits per heavy atom. The fourth-order valence-corrected chi connectivity index (χ4v) is 4.53. The third-order valence-electron chi connectivity index (χ3n) is 5.35. The number of ether oxygens (including phenoxy) is 2. The molecule has 1 fully saturated rings. The van der Waals surface area contributed by atoms with Crippen LogP contribution in [0.25, 0.3) is 0 Å². The quantitative estimate of drug-likeness (QED) is 0.828. The summed E-state index contributed by atoms with van der Waals surface area (Å²) in [6.07, 6.45) is 2.63. The highest BCUT2D eigenvalue weighted by atomic mass is 32.2. The minimum Gasteiger partial charge on any atom is -0.490 e. The van der Waals surface area contributed by atoms with E-state index in [1.165, 1.54) is 19.2 Å². The van der Waals surface area contributed by atoms with E-state index in [0.717, 1.165) is 36.3 Å². The van der Waals surface area contributed by atoms with Gasteiger partial charge >= 0.3 is 0 Å². The van der Waals surface area contributed by atoms with Gasteiger partial charge in [0.05, 0.1) is 24.2 Å². The lowest BCUT2D eigenvalue weighted by molar-refractivity contribution is 0.0735. The van der Waals surface area contributed by atoms with Gasteiger partial charge in [-0.15, -0.1) is 0 Å². The summed E-state index contributed by atoms with van der Waals surface area (Å²) < 4.78 is 37.5. The minimum atomic E-state index is -3.53. The first-order valence-corrected chi connectivity index (χ1v) is 11.2. The highest BCUT2D eigenvalue weighted by molar-refractivity contribution is 7.89. The maximum Gasteiger partial charge on any atom is 0.254 e. The second-order valence-corrected chi connectivity index (χ2v) is 9.03.